The van der Waals surface area contributed by atoms with Gasteiger partial charge in [-0.15, -0.1) is 0 Å². The second kappa shape index (κ2) is 12.8. The largest absolute Gasteiger partial charge is 0.244 e. The van der Waals surface area contributed by atoms with Crippen LogP contribution < -0.4 is 0 Å². The van der Waals surface area contributed by atoms with E-state index in [1.54, 1.807) is 0 Å². The highest BCUT2D eigenvalue weighted by Crippen LogP contribution is 2.49. The van der Waals surface area contributed by atoms with Gasteiger partial charge in [0.2, 0.25) is 0 Å². The topological polar surface area (TPSA) is 0 Å². The van der Waals surface area contributed by atoms with E-state index >= 15 is 8.78 Å². The summed E-state index contributed by atoms with van der Waals surface area (Å²) in [5, 5.41) is 0. The molecule has 0 nitrogen and oxygen atoms in total. The second-order valence-corrected chi connectivity index (χ2v) is 14.1. The monoisotopic (exact) mass is 598 g/mol. The number of halogens is 5. The van der Waals surface area contributed by atoms with Crippen molar-refractivity contribution in [1.29, 1.82) is 0 Å². The molecule has 0 N–H and O–H groups in total. The predicted octanol–water partition coefficient (Wildman–Crippen LogP) is 9.77. The van der Waals surface area contributed by atoms with Gasteiger partial charge in [-0.1, -0.05) is 74.5 Å². The molecule has 4 rings (SSSR count). The Balaban J connectivity index is 1.19. The molecular weight excluding hydrogens is 551 g/mol. The van der Waals surface area contributed by atoms with E-state index in [0.717, 1.165) is 83.0 Å². The Hall–Kier alpha value is 0.450. The lowest BCUT2D eigenvalue weighted by Gasteiger charge is -2.45. The maximum absolute atomic E-state index is 15.4. The molecule has 0 radical (unpaired) electrons. The van der Waals surface area contributed by atoms with Gasteiger partial charge in [-0.3, -0.25) is 0 Å². The van der Waals surface area contributed by atoms with Crippen LogP contribution in [0.3, 0.4) is 0 Å². The number of hydrogen-bond donors (Lipinski definition) is 0. The Morgan fingerprint density at radius 1 is 0.529 bits per heavy atom. The zero-order valence-corrected chi connectivity index (χ0v) is 23.3. The van der Waals surface area contributed by atoms with Crippen molar-refractivity contribution in [2.45, 2.75) is 138 Å². The van der Waals surface area contributed by atoms with Crippen LogP contribution in [0.2, 0.25) is 0 Å². The SMILES string of the molecule is CCCC1CCC(C2CCC(C3CCC(CCC4CCC(I)C(F)C4F)CC3)C(F)C2F)CC1. The number of alkyl halides is 5. The molecule has 0 spiro atoms. The summed E-state index contributed by atoms with van der Waals surface area (Å²) in [4.78, 5) is 0. The Kier molecular flexibility index (Phi) is 10.3. The molecule has 0 aliphatic heterocycles. The van der Waals surface area contributed by atoms with Crippen LogP contribution in [0, 0.1) is 41.4 Å². The van der Waals surface area contributed by atoms with Crippen molar-refractivity contribution in [3.63, 3.8) is 0 Å². The summed E-state index contributed by atoms with van der Waals surface area (Å²) in [6, 6.07) is 0. The molecule has 0 bridgehead atoms. The summed E-state index contributed by atoms with van der Waals surface area (Å²) in [7, 11) is 0. The fourth-order valence-electron chi connectivity index (χ4n) is 8.29. The molecule has 8 unspecified atom stereocenters. The van der Waals surface area contributed by atoms with Crippen molar-refractivity contribution in [3.8, 4) is 0 Å². The molecule has 34 heavy (non-hydrogen) atoms. The molecular formula is C29H47F4I. The molecule has 0 saturated heterocycles. The number of rotatable bonds is 7. The van der Waals surface area contributed by atoms with E-state index < -0.39 is 24.7 Å². The average Bonchev–Trinajstić information content (AvgIpc) is 2.85. The molecule has 0 aromatic rings. The lowest BCUT2D eigenvalue weighted by Crippen LogP contribution is -2.45. The van der Waals surface area contributed by atoms with Gasteiger partial charge in [0.15, 0.2) is 0 Å². The summed E-state index contributed by atoms with van der Waals surface area (Å²) in [5.41, 5.74) is 0. The molecule has 0 aromatic heterocycles. The van der Waals surface area contributed by atoms with Gasteiger partial charge in [0.05, 0.1) is 0 Å². The first kappa shape index (κ1) is 27.5. The minimum atomic E-state index is -1.31. The van der Waals surface area contributed by atoms with Gasteiger partial charge in [0.1, 0.15) is 24.7 Å². The molecule has 0 aromatic carbocycles. The van der Waals surface area contributed by atoms with Crippen LogP contribution in [-0.4, -0.2) is 28.6 Å². The van der Waals surface area contributed by atoms with E-state index in [4.69, 9.17) is 0 Å². The average molecular weight is 599 g/mol. The van der Waals surface area contributed by atoms with Gasteiger partial charge in [-0.05, 0) is 99.2 Å². The van der Waals surface area contributed by atoms with Gasteiger partial charge in [-0.2, -0.15) is 0 Å². The van der Waals surface area contributed by atoms with Gasteiger partial charge < -0.3 is 0 Å². The van der Waals surface area contributed by atoms with Crippen molar-refractivity contribution in [1.82, 2.24) is 0 Å². The maximum atomic E-state index is 15.4. The third-order valence-electron chi connectivity index (χ3n) is 10.5. The standard InChI is InChI=1S/C29H47F4I/c1-2-3-18-4-9-20(10-5-18)23-15-16-24(28(32)27(23)31)21-11-6-19(7-12-21)8-13-22-14-17-25(34)29(33)26(22)30/h18-29H,2-17H2,1H3. The smallest absolute Gasteiger partial charge is 0.143 e. The molecule has 4 aliphatic carbocycles. The van der Waals surface area contributed by atoms with E-state index in [1.807, 2.05) is 0 Å². The van der Waals surface area contributed by atoms with E-state index in [1.165, 1.54) is 25.7 Å². The van der Waals surface area contributed by atoms with Gasteiger partial charge >= 0.3 is 0 Å². The van der Waals surface area contributed by atoms with E-state index in [2.05, 4.69) is 29.5 Å². The highest BCUT2D eigenvalue weighted by Gasteiger charge is 2.47. The third-order valence-corrected chi connectivity index (χ3v) is 11.8. The van der Waals surface area contributed by atoms with Gasteiger partial charge in [-0.25, -0.2) is 17.6 Å². The van der Waals surface area contributed by atoms with Crippen molar-refractivity contribution in [2.24, 2.45) is 41.4 Å². The van der Waals surface area contributed by atoms with Crippen LogP contribution in [0.1, 0.15) is 110 Å². The number of hydrogen-bond acceptors (Lipinski definition) is 0. The van der Waals surface area contributed by atoms with Gasteiger partial charge in [0.25, 0.3) is 0 Å². The first-order valence-electron chi connectivity index (χ1n) is 14.6. The Bertz CT molecular complexity index is 601. The molecule has 8 atom stereocenters. The molecule has 0 amide bonds. The van der Waals surface area contributed by atoms with Crippen LogP contribution in [0.15, 0.2) is 0 Å². The van der Waals surface area contributed by atoms with E-state index in [-0.39, 0.29) is 21.7 Å². The Morgan fingerprint density at radius 2 is 1.03 bits per heavy atom. The molecule has 4 fully saturated rings. The van der Waals surface area contributed by atoms with Crippen LogP contribution in [0.25, 0.3) is 0 Å². The van der Waals surface area contributed by atoms with Gasteiger partial charge in [0, 0.05) is 3.92 Å². The quantitative estimate of drug-likeness (QED) is 0.156. The highest BCUT2D eigenvalue weighted by atomic mass is 127. The van der Waals surface area contributed by atoms with E-state index in [0.29, 0.717) is 17.8 Å². The van der Waals surface area contributed by atoms with Crippen LogP contribution >= 0.6 is 22.6 Å². The summed E-state index contributed by atoms with van der Waals surface area (Å²) in [6.07, 6.45) is 11.1. The zero-order valence-electron chi connectivity index (χ0n) is 21.1. The minimum Gasteiger partial charge on any atom is -0.244 e. The lowest BCUT2D eigenvalue weighted by atomic mass is 9.63. The van der Waals surface area contributed by atoms with E-state index in [9.17, 15) is 8.78 Å². The van der Waals surface area contributed by atoms with Crippen LogP contribution in [-0.2, 0) is 0 Å². The highest BCUT2D eigenvalue weighted by molar-refractivity contribution is 14.1. The predicted molar refractivity (Wildman–Crippen MR) is 141 cm³/mol. The van der Waals surface area contributed by atoms with Crippen molar-refractivity contribution >= 4 is 22.6 Å². The summed E-state index contributed by atoms with van der Waals surface area (Å²) >= 11 is 2.05. The van der Waals surface area contributed by atoms with Crippen molar-refractivity contribution in [2.75, 3.05) is 0 Å². The summed E-state index contributed by atoms with van der Waals surface area (Å²) in [6.45, 7) is 2.24. The normalized spacial score (nSPS) is 48.5. The van der Waals surface area contributed by atoms with Crippen molar-refractivity contribution in [3.05, 3.63) is 0 Å². The molecule has 4 saturated carbocycles. The maximum Gasteiger partial charge on any atom is 0.143 e. The molecule has 198 valence electrons. The first-order chi connectivity index (χ1) is 16.4. The molecule has 0 heterocycles. The third kappa shape index (κ3) is 6.47. The summed E-state index contributed by atoms with van der Waals surface area (Å²) < 4.78 is 59.0. The minimum absolute atomic E-state index is 0.0595. The molecule has 4 aliphatic rings. The Morgan fingerprint density at radius 3 is 1.53 bits per heavy atom. The van der Waals surface area contributed by atoms with Crippen LogP contribution in [0.4, 0.5) is 17.6 Å². The lowest BCUT2D eigenvalue weighted by molar-refractivity contribution is -0.0373. The fourth-order valence-corrected chi connectivity index (χ4v) is 9.05. The molecule has 5 heteroatoms. The first-order valence-corrected chi connectivity index (χ1v) is 15.8. The summed E-state index contributed by atoms with van der Waals surface area (Å²) in [5.74, 6) is 1.76. The second-order valence-electron chi connectivity index (χ2n) is 12.5. The Labute approximate surface area is 219 Å². The van der Waals surface area contributed by atoms with Crippen molar-refractivity contribution < 1.29 is 17.6 Å². The zero-order chi connectivity index (χ0) is 24.2. The fraction of sp³-hybridized carbons (Fsp3) is 1.00. The van der Waals surface area contributed by atoms with Crippen LogP contribution in [0.5, 0.6) is 0 Å².